The molecule has 1 atom stereocenters. The van der Waals surface area contributed by atoms with Crippen molar-refractivity contribution >= 4 is 21.8 Å². The fourth-order valence-electron chi connectivity index (χ4n) is 1.64. The second-order valence-electron chi connectivity index (χ2n) is 3.66. The summed E-state index contributed by atoms with van der Waals surface area (Å²) in [7, 11) is 0. The van der Waals surface area contributed by atoms with Gasteiger partial charge in [0.25, 0.3) is 5.91 Å². The minimum Gasteiger partial charge on any atom is -0.336 e. The first-order valence-corrected chi connectivity index (χ1v) is 5.62. The van der Waals surface area contributed by atoms with Gasteiger partial charge in [-0.25, -0.2) is 4.98 Å². The number of hydrogen-bond donors (Lipinski definition) is 1. The second-order valence-corrected chi connectivity index (χ2v) is 4.58. The van der Waals surface area contributed by atoms with Crippen molar-refractivity contribution in [2.75, 3.05) is 13.1 Å². The average molecular weight is 270 g/mol. The molecule has 1 amide bonds. The summed E-state index contributed by atoms with van der Waals surface area (Å²) in [5.41, 5.74) is 6.22. The predicted molar refractivity (Wildman–Crippen MR) is 60.4 cm³/mol. The summed E-state index contributed by atoms with van der Waals surface area (Å²) < 4.78 is 0.872. The molecule has 0 bridgehead atoms. The summed E-state index contributed by atoms with van der Waals surface area (Å²) in [6.07, 6.45) is 2.51. The third-order valence-electron chi connectivity index (χ3n) is 2.46. The van der Waals surface area contributed by atoms with E-state index in [1.165, 1.54) is 0 Å². The Kier molecular flexibility index (Phi) is 3.02. The molecule has 1 fully saturated rings. The van der Waals surface area contributed by atoms with Gasteiger partial charge in [-0.15, -0.1) is 0 Å². The lowest BCUT2D eigenvalue weighted by Crippen LogP contribution is -2.32. The van der Waals surface area contributed by atoms with Crippen LogP contribution in [0.4, 0.5) is 0 Å². The Hall–Kier alpha value is -0.940. The maximum atomic E-state index is 11.9. The third kappa shape index (κ3) is 2.35. The molecule has 0 radical (unpaired) electrons. The van der Waals surface area contributed by atoms with Crippen molar-refractivity contribution in [1.82, 2.24) is 9.88 Å². The Morgan fingerprint density at radius 3 is 2.93 bits per heavy atom. The summed E-state index contributed by atoms with van der Waals surface area (Å²) in [5.74, 6) is -0.0320. The largest absolute Gasteiger partial charge is 0.336 e. The second kappa shape index (κ2) is 4.28. The van der Waals surface area contributed by atoms with E-state index < -0.39 is 0 Å². The van der Waals surface area contributed by atoms with Crippen molar-refractivity contribution in [1.29, 1.82) is 0 Å². The molecule has 0 saturated carbocycles. The monoisotopic (exact) mass is 269 g/mol. The Labute approximate surface area is 96.6 Å². The number of carbonyl (C=O) groups is 1. The molecular weight excluding hydrogens is 258 g/mol. The van der Waals surface area contributed by atoms with Gasteiger partial charge in [0.2, 0.25) is 0 Å². The topological polar surface area (TPSA) is 59.2 Å². The van der Waals surface area contributed by atoms with Crippen molar-refractivity contribution < 1.29 is 4.79 Å². The summed E-state index contributed by atoms with van der Waals surface area (Å²) >= 11 is 3.28. The molecule has 1 saturated heterocycles. The van der Waals surface area contributed by atoms with E-state index in [2.05, 4.69) is 20.9 Å². The van der Waals surface area contributed by atoms with Crippen LogP contribution in [0.2, 0.25) is 0 Å². The molecule has 4 nitrogen and oxygen atoms in total. The van der Waals surface area contributed by atoms with Crippen LogP contribution in [0.1, 0.15) is 16.9 Å². The molecule has 1 aromatic heterocycles. The Bertz CT molecular complexity index is 365. The van der Waals surface area contributed by atoms with Crippen molar-refractivity contribution in [3.05, 3.63) is 28.5 Å². The highest BCUT2D eigenvalue weighted by molar-refractivity contribution is 9.10. The fourth-order valence-corrected chi connectivity index (χ4v) is 1.87. The summed E-state index contributed by atoms with van der Waals surface area (Å²) in [4.78, 5) is 17.7. The van der Waals surface area contributed by atoms with Gasteiger partial charge in [0.1, 0.15) is 5.69 Å². The molecule has 2 heterocycles. The van der Waals surface area contributed by atoms with Crippen LogP contribution in [0.25, 0.3) is 0 Å². The van der Waals surface area contributed by atoms with E-state index in [9.17, 15) is 4.79 Å². The normalized spacial score (nSPS) is 20.7. The summed E-state index contributed by atoms with van der Waals surface area (Å²) in [6.45, 7) is 1.37. The van der Waals surface area contributed by atoms with Gasteiger partial charge in [-0.05, 0) is 34.5 Å². The lowest BCUT2D eigenvalue weighted by atomic mass is 10.3. The fraction of sp³-hybridized carbons (Fsp3) is 0.400. The van der Waals surface area contributed by atoms with E-state index in [0.717, 1.165) is 17.4 Å². The van der Waals surface area contributed by atoms with Crippen LogP contribution in [-0.4, -0.2) is 34.9 Å². The lowest BCUT2D eigenvalue weighted by Gasteiger charge is -2.14. The molecule has 1 aliphatic heterocycles. The molecule has 1 unspecified atom stereocenters. The average Bonchev–Trinajstić information content (AvgIpc) is 2.65. The van der Waals surface area contributed by atoms with Gasteiger partial charge in [0, 0.05) is 29.8 Å². The number of hydrogen-bond acceptors (Lipinski definition) is 3. The first-order chi connectivity index (χ1) is 7.16. The van der Waals surface area contributed by atoms with Crippen molar-refractivity contribution in [2.24, 2.45) is 5.73 Å². The van der Waals surface area contributed by atoms with Crippen molar-refractivity contribution in [3.63, 3.8) is 0 Å². The van der Waals surface area contributed by atoms with Crippen LogP contribution in [0, 0.1) is 0 Å². The van der Waals surface area contributed by atoms with E-state index in [-0.39, 0.29) is 11.9 Å². The molecule has 2 N–H and O–H groups in total. The smallest absolute Gasteiger partial charge is 0.272 e. The number of nitrogens with zero attached hydrogens (tertiary/aromatic N) is 2. The minimum atomic E-state index is -0.0320. The van der Waals surface area contributed by atoms with E-state index in [0.29, 0.717) is 12.2 Å². The zero-order chi connectivity index (χ0) is 10.8. The van der Waals surface area contributed by atoms with E-state index in [1.807, 2.05) is 6.07 Å². The number of aromatic nitrogens is 1. The van der Waals surface area contributed by atoms with Gasteiger partial charge < -0.3 is 10.6 Å². The minimum absolute atomic E-state index is 0.0320. The van der Waals surface area contributed by atoms with Gasteiger partial charge in [0.05, 0.1) is 0 Å². The highest BCUT2D eigenvalue weighted by atomic mass is 79.9. The Balaban J connectivity index is 2.11. The molecule has 0 aliphatic carbocycles. The number of carbonyl (C=O) groups excluding carboxylic acids is 1. The first kappa shape index (κ1) is 10.6. The lowest BCUT2D eigenvalue weighted by molar-refractivity contribution is 0.0785. The number of halogens is 1. The zero-order valence-electron chi connectivity index (χ0n) is 8.19. The third-order valence-corrected chi connectivity index (χ3v) is 2.93. The van der Waals surface area contributed by atoms with Gasteiger partial charge in [0.15, 0.2) is 0 Å². The Morgan fingerprint density at radius 1 is 1.60 bits per heavy atom. The van der Waals surface area contributed by atoms with Crippen molar-refractivity contribution in [3.8, 4) is 0 Å². The molecule has 1 aliphatic rings. The molecule has 1 aromatic rings. The molecule has 5 heteroatoms. The quantitative estimate of drug-likeness (QED) is 0.828. The highest BCUT2D eigenvalue weighted by Gasteiger charge is 2.24. The summed E-state index contributed by atoms with van der Waals surface area (Å²) in [5, 5.41) is 0. The van der Waals surface area contributed by atoms with Gasteiger partial charge in [-0.1, -0.05) is 0 Å². The number of rotatable bonds is 1. The molecule has 80 valence electrons. The number of likely N-dealkylation sites (tertiary alicyclic amines) is 1. The van der Waals surface area contributed by atoms with Crippen LogP contribution >= 0.6 is 15.9 Å². The standard InChI is InChI=1S/C10H12BrN3O/c11-7-1-2-9(13-5-7)10(15)14-4-3-8(12)6-14/h1-2,5,8H,3-4,6,12H2. The molecule has 15 heavy (non-hydrogen) atoms. The van der Waals surface area contributed by atoms with Crippen LogP contribution in [-0.2, 0) is 0 Å². The first-order valence-electron chi connectivity index (χ1n) is 4.83. The molecule has 0 aromatic carbocycles. The van der Waals surface area contributed by atoms with Crippen LogP contribution in [0.5, 0.6) is 0 Å². The highest BCUT2D eigenvalue weighted by Crippen LogP contribution is 2.13. The van der Waals surface area contributed by atoms with Gasteiger partial charge >= 0.3 is 0 Å². The van der Waals surface area contributed by atoms with Crippen LogP contribution < -0.4 is 5.73 Å². The number of amides is 1. The molecular formula is C10H12BrN3O. The Morgan fingerprint density at radius 2 is 2.40 bits per heavy atom. The molecule has 2 rings (SSSR count). The van der Waals surface area contributed by atoms with Gasteiger partial charge in [-0.3, -0.25) is 4.79 Å². The van der Waals surface area contributed by atoms with Gasteiger partial charge in [-0.2, -0.15) is 0 Å². The number of pyridine rings is 1. The SMILES string of the molecule is NC1CCN(C(=O)c2ccc(Br)cn2)C1. The predicted octanol–water partition coefficient (Wildman–Crippen LogP) is 1.02. The number of nitrogens with two attached hydrogens (primary N) is 1. The van der Waals surface area contributed by atoms with E-state index in [4.69, 9.17) is 5.73 Å². The maximum Gasteiger partial charge on any atom is 0.272 e. The van der Waals surface area contributed by atoms with Crippen molar-refractivity contribution in [2.45, 2.75) is 12.5 Å². The molecule has 0 spiro atoms. The van der Waals surface area contributed by atoms with E-state index in [1.54, 1.807) is 17.2 Å². The maximum absolute atomic E-state index is 11.9. The van der Waals surface area contributed by atoms with Crippen LogP contribution in [0.3, 0.4) is 0 Å². The van der Waals surface area contributed by atoms with Crippen LogP contribution in [0.15, 0.2) is 22.8 Å². The zero-order valence-corrected chi connectivity index (χ0v) is 9.77. The summed E-state index contributed by atoms with van der Waals surface area (Å²) in [6, 6.07) is 3.65. The van der Waals surface area contributed by atoms with E-state index >= 15 is 0 Å².